The molecule has 0 saturated heterocycles. The third-order valence-corrected chi connectivity index (χ3v) is 6.60. The van der Waals surface area contributed by atoms with E-state index in [1.807, 2.05) is 170 Å². The first-order valence-electron chi connectivity index (χ1n) is 15.4. The van der Waals surface area contributed by atoms with E-state index in [2.05, 4.69) is 44.2 Å². The Kier molecular flexibility index (Phi) is 24.1. The Labute approximate surface area is 355 Å². The zero-order valence-electron chi connectivity index (χ0n) is 27.7. The Morgan fingerprint density at radius 3 is 0.635 bits per heavy atom. The number of benzene rings is 4. The number of nitrogens with zero attached hydrogens (tertiary/aromatic N) is 4. The molecule has 8 rings (SSSR count). The molecule has 260 valence electrons. The summed E-state index contributed by atoms with van der Waals surface area (Å²) in [6.07, 6.45) is 7.15. The van der Waals surface area contributed by atoms with Crippen molar-refractivity contribution in [2.45, 2.75) is 0 Å². The van der Waals surface area contributed by atoms with Crippen molar-refractivity contribution in [3.8, 4) is 45.0 Å². The standard InChI is InChI=1S/4C11H8N.2BrH.2Ir/c4*1-2-6-10(7-3-1)11-8-4-5-9-12-11;;;;/h4*1-6,8-9H;2*1H;;/q4*-1;;;2*+3/p-2. The maximum Gasteiger partial charge on any atom is 3.00 e. The van der Waals surface area contributed by atoms with E-state index < -0.39 is 0 Å². The van der Waals surface area contributed by atoms with Crippen LogP contribution in [0.4, 0.5) is 0 Å². The predicted octanol–water partition coefficient (Wildman–Crippen LogP) is 4.20. The Bertz CT molecular complexity index is 1530. The summed E-state index contributed by atoms with van der Waals surface area (Å²) in [4.78, 5) is 16.9. The van der Waals surface area contributed by atoms with Crippen LogP contribution in [0.25, 0.3) is 45.0 Å². The van der Waals surface area contributed by atoms with Gasteiger partial charge in [-0.2, -0.15) is 0 Å². The molecule has 0 saturated carbocycles. The van der Waals surface area contributed by atoms with Crippen LogP contribution in [0.2, 0.25) is 0 Å². The van der Waals surface area contributed by atoms with E-state index in [1.165, 1.54) is 0 Å². The Morgan fingerprint density at radius 2 is 0.481 bits per heavy atom. The zero-order chi connectivity index (χ0) is 32.9. The van der Waals surface area contributed by atoms with Gasteiger partial charge in [-0.1, -0.05) is 48.5 Å². The average Bonchev–Trinajstić information content (AvgIpc) is 3.21. The maximum atomic E-state index is 4.22. The molecule has 4 aromatic carbocycles. The second-order valence-electron chi connectivity index (χ2n) is 9.96. The molecule has 0 radical (unpaired) electrons. The summed E-state index contributed by atoms with van der Waals surface area (Å²) in [6.45, 7) is 0. The van der Waals surface area contributed by atoms with E-state index in [1.54, 1.807) is 24.8 Å². The molecular weight excluding hydrogens is 1130 g/mol. The summed E-state index contributed by atoms with van der Waals surface area (Å²) < 4.78 is 0. The topological polar surface area (TPSA) is 51.6 Å². The molecule has 52 heavy (non-hydrogen) atoms. The average molecular weight is 1160 g/mol. The largest absolute Gasteiger partial charge is 3.00 e. The van der Waals surface area contributed by atoms with Gasteiger partial charge in [-0.25, -0.2) is 0 Å². The molecule has 8 aromatic rings. The molecule has 0 fully saturated rings. The number of hydrogen-bond donors (Lipinski definition) is 0. The fourth-order valence-electron chi connectivity index (χ4n) is 4.30. The van der Waals surface area contributed by atoms with Crippen LogP contribution in [0.5, 0.6) is 0 Å². The van der Waals surface area contributed by atoms with Crippen molar-refractivity contribution >= 4 is 0 Å². The van der Waals surface area contributed by atoms with Crippen molar-refractivity contribution in [3.63, 3.8) is 0 Å². The molecule has 4 aromatic heterocycles. The molecule has 4 nitrogen and oxygen atoms in total. The van der Waals surface area contributed by atoms with Gasteiger partial charge in [-0.3, -0.25) is 0 Å². The summed E-state index contributed by atoms with van der Waals surface area (Å²) in [6, 6.07) is 67.3. The number of rotatable bonds is 4. The molecule has 0 amide bonds. The molecule has 0 aliphatic carbocycles. The number of pyridine rings is 4. The Morgan fingerprint density at radius 1 is 0.269 bits per heavy atom. The molecule has 0 unspecified atom stereocenters. The minimum Gasteiger partial charge on any atom is -1.00 e. The fourth-order valence-corrected chi connectivity index (χ4v) is 4.30. The minimum absolute atomic E-state index is 0. The van der Waals surface area contributed by atoms with Crippen LogP contribution in [-0.2, 0) is 40.2 Å². The summed E-state index contributed by atoms with van der Waals surface area (Å²) >= 11 is 0. The molecule has 0 bridgehead atoms. The molecular formula is C44H32Br2Ir2N4. The van der Waals surface area contributed by atoms with Gasteiger partial charge < -0.3 is 53.9 Å². The van der Waals surface area contributed by atoms with E-state index in [4.69, 9.17) is 0 Å². The minimum atomic E-state index is 0. The normalized spacial score (nSPS) is 8.92. The number of aromatic nitrogens is 4. The van der Waals surface area contributed by atoms with Crippen LogP contribution in [0.1, 0.15) is 0 Å². The monoisotopic (exact) mass is 1160 g/mol. The van der Waals surface area contributed by atoms with E-state index in [9.17, 15) is 0 Å². The molecule has 4 heterocycles. The molecule has 8 heteroatoms. The van der Waals surface area contributed by atoms with E-state index >= 15 is 0 Å². The van der Waals surface area contributed by atoms with Crippen molar-refractivity contribution < 1.29 is 74.2 Å². The van der Waals surface area contributed by atoms with Gasteiger partial charge in [-0.05, 0) is 47.0 Å². The van der Waals surface area contributed by atoms with Crippen LogP contribution >= 0.6 is 0 Å². The number of halogens is 2. The zero-order valence-corrected chi connectivity index (χ0v) is 35.6. The van der Waals surface area contributed by atoms with Crippen molar-refractivity contribution in [2.24, 2.45) is 0 Å². The van der Waals surface area contributed by atoms with Gasteiger partial charge in [0.2, 0.25) is 0 Å². The predicted molar refractivity (Wildman–Crippen MR) is 194 cm³/mol. The van der Waals surface area contributed by atoms with Crippen LogP contribution in [0.15, 0.2) is 195 Å². The van der Waals surface area contributed by atoms with E-state index in [0.29, 0.717) is 0 Å². The first-order chi connectivity index (χ1) is 23.9. The van der Waals surface area contributed by atoms with Gasteiger partial charge in [-0.15, -0.1) is 144 Å². The van der Waals surface area contributed by atoms with Crippen LogP contribution in [0, 0.1) is 24.3 Å². The summed E-state index contributed by atoms with van der Waals surface area (Å²) in [7, 11) is 0. The van der Waals surface area contributed by atoms with Crippen LogP contribution < -0.4 is 34.0 Å². The molecule has 0 spiro atoms. The molecule has 0 atom stereocenters. The summed E-state index contributed by atoms with van der Waals surface area (Å²) in [5.74, 6) is 0. The van der Waals surface area contributed by atoms with Gasteiger partial charge in [0.05, 0.1) is 0 Å². The third-order valence-electron chi connectivity index (χ3n) is 6.60. The Balaban J connectivity index is 0.000000338. The van der Waals surface area contributed by atoms with Gasteiger partial charge in [0.1, 0.15) is 0 Å². The van der Waals surface area contributed by atoms with Crippen LogP contribution in [0.3, 0.4) is 0 Å². The quantitative estimate of drug-likeness (QED) is 0.249. The van der Waals surface area contributed by atoms with Crippen molar-refractivity contribution in [1.29, 1.82) is 0 Å². The van der Waals surface area contributed by atoms with Crippen molar-refractivity contribution in [2.75, 3.05) is 0 Å². The first-order valence-corrected chi connectivity index (χ1v) is 15.4. The second kappa shape index (κ2) is 27.4. The SMILES string of the molecule is [Br-].[Br-].[Ir+3].[Ir+3].[c-]1ccccc1-c1ccccn1.[c-]1ccccc1-c1ccccn1.[c-]1ccccc1-c1ccccn1.[c-]1ccccc1-c1ccccn1. The molecule has 0 aliphatic heterocycles. The van der Waals surface area contributed by atoms with Gasteiger partial charge in [0.25, 0.3) is 0 Å². The van der Waals surface area contributed by atoms with Gasteiger partial charge in [0, 0.05) is 24.8 Å². The van der Waals surface area contributed by atoms with Crippen molar-refractivity contribution in [3.05, 3.63) is 219 Å². The molecule has 0 aliphatic rings. The first kappa shape index (κ1) is 45.8. The van der Waals surface area contributed by atoms with Crippen molar-refractivity contribution in [1.82, 2.24) is 19.9 Å². The molecule has 0 N–H and O–H groups in total. The Hall–Kier alpha value is -4.26. The fraction of sp³-hybridized carbons (Fsp3) is 0. The van der Waals surface area contributed by atoms with E-state index in [-0.39, 0.29) is 74.2 Å². The smallest absolute Gasteiger partial charge is 1.00 e. The third kappa shape index (κ3) is 16.0. The summed E-state index contributed by atoms with van der Waals surface area (Å²) in [5, 5.41) is 0. The van der Waals surface area contributed by atoms with Gasteiger partial charge in [0.15, 0.2) is 0 Å². The van der Waals surface area contributed by atoms with Gasteiger partial charge >= 0.3 is 40.2 Å². The summed E-state index contributed by atoms with van der Waals surface area (Å²) in [5.41, 5.74) is 8.04. The maximum absolute atomic E-state index is 4.22. The second-order valence-corrected chi connectivity index (χ2v) is 9.96. The van der Waals surface area contributed by atoms with Crippen LogP contribution in [-0.4, -0.2) is 19.9 Å². The van der Waals surface area contributed by atoms with E-state index in [0.717, 1.165) is 45.0 Å². The number of hydrogen-bond acceptors (Lipinski definition) is 4.